The van der Waals surface area contributed by atoms with Crippen LogP contribution in [0.1, 0.15) is 18.5 Å². The molecule has 1 amide bonds. The van der Waals surface area contributed by atoms with Gasteiger partial charge >= 0.3 is 0 Å². The van der Waals surface area contributed by atoms with Crippen molar-refractivity contribution in [1.29, 1.82) is 0 Å². The van der Waals surface area contributed by atoms with Gasteiger partial charge in [-0.3, -0.25) is 4.79 Å². The summed E-state index contributed by atoms with van der Waals surface area (Å²) in [5.74, 6) is 2.34. The van der Waals surface area contributed by atoms with Gasteiger partial charge in [0.25, 0.3) is 0 Å². The Morgan fingerprint density at radius 1 is 1.50 bits per heavy atom. The van der Waals surface area contributed by atoms with Crippen LogP contribution in [-0.2, 0) is 4.79 Å². The molecule has 0 fully saturated rings. The zero-order valence-electron chi connectivity index (χ0n) is 7.75. The minimum absolute atomic E-state index is 0.150. The second-order valence-corrected chi connectivity index (χ2v) is 3.29. The highest BCUT2D eigenvalue weighted by Crippen LogP contribution is 2.15. The molecule has 0 saturated carbocycles. The first kappa shape index (κ1) is 10.6. The Labute approximate surface area is 88.3 Å². The minimum atomic E-state index is -0.384. The van der Waals surface area contributed by atoms with Gasteiger partial charge in [0.15, 0.2) is 0 Å². The Balaban J connectivity index is 2.85. The van der Waals surface area contributed by atoms with Gasteiger partial charge in [-0.25, -0.2) is 0 Å². The number of amides is 1. The van der Waals surface area contributed by atoms with Crippen molar-refractivity contribution in [2.75, 3.05) is 0 Å². The molecule has 0 saturated heterocycles. The quantitative estimate of drug-likeness (QED) is 0.740. The van der Waals surface area contributed by atoms with Crippen LogP contribution in [0.25, 0.3) is 0 Å². The van der Waals surface area contributed by atoms with Gasteiger partial charge in [-0.2, -0.15) is 0 Å². The molecule has 0 radical (unpaired) electrons. The van der Waals surface area contributed by atoms with Crippen molar-refractivity contribution in [2.24, 2.45) is 0 Å². The van der Waals surface area contributed by atoms with E-state index in [1.807, 2.05) is 0 Å². The summed E-state index contributed by atoms with van der Waals surface area (Å²) in [5, 5.41) is 3.29. The lowest BCUT2D eigenvalue weighted by Crippen LogP contribution is -2.24. The molecule has 0 spiro atoms. The van der Waals surface area contributed by atoms with E-state index in [1.165, 1.54) is 6.92 Å². The highest BCUT2D eigenvalue weighted by molar-refractivity contribution is 6.30. The van der Waals surface area contributed by atoms with Crippen LogP contribution in [0.5, 0.6) is 0 Å². The number of benzene rings is 1. The third-order valence-electron chi connectivity index (χ3n) is 1.72. The Hall–Kier alpha value is -1.46. The second-order valence-electron chi connectivity index (χ2n) is 2.85. The molecule has 0 aliphatic rings. The van der Waals surface area contributed by atoms with Gasteiger partial charge in [-0.15, -0.1) is 6.42 Å². The molecule has 1 rings (SSSR count). The van der Waals surface area contributed by atoms with Gasteiger partial charge < -0.3 is 5.32 Å². The summed E-state index contributed by atoms with van der Waals surface area (Å²) < 4.78 is 0. The molecule has 14 heavy (non-hydrogen) atoms. The normalized spacial score (nSPS) is 11.5. The molecule has 1 N–H and O–H groups in total. The minimum Gasteiger partial charge on any atom is -0.339 e. The third kappa shape index (κ3) is 2.79. The SMILES string of the molecule is C#C[C@@H](NC(C)=O)c1ccc(Cl)cc1. The highest BCUT2D eigenvalue weighted by Gasteiger charge is 2.08. The predicted octanol–water partition coefficient (Wildman–Crippen LogP) is 2.15. The lowest BCUT2D eigenvalue weighted by molar-refractivity contribution is -0.119. The molecule has 1 aromatic carbocycles. The van der Waals surface area contributed by atoms with Crippen molar-refractivity contribution in [3.8, 4) is 12.3 Å². The van der Waals surface area contributed by atoms with Crippen LogP contribution < -0.4 is 5.32 Å². The number of hydrogen-bond donors (Lipinski definition) is 1. The summed E-state index contributed by atoms with van der Waals surface area (Å²) in [4.78, 5) is 10.8. The largest absolute Gasteiger partial charge is 0.339 e. The lowest BCUT2D eigenvalue weighted by atomic mass is 10.1. The van der Waals surface area contributed by atoms with Crippen LogP contribution in [0.3, 0.4) is 0 Å². The Kier molecular flexibility index (Phi) is 3.55. The molecule has 0 bridgehead atoms. The van der Waals surface area contributed by atoms with Gasteiger partial charge in [0.1, 0.15) is 6.04 Å². The molecule has 1 aromatic rings. The first-order valence-corrected chi connectivity index (χ1v) is 4.50. The van der Waals surface area contributed by atoms with E-state index < -0.39 is 0 Å². The lowest BCUT2D eigenvalue weighted by Gasteiger charge is -2.11. The van der Waals surface area contributed by atoms with E-state index in [4.69, 9.17) is 18.0 Å². The van der Waals surface area contributed by atoms with Gasteiger partial charge in [0, 0.05) is 11.9 Å². The molecular weight excluding hydrogens is 198 g/mol. The average molecular weight is 208 g/mol. The Bertz CT molecular complexity index is 364. The van der Waals surface area contributed by atoms with E-state index in [1.54, 1.807) is 24.3 Å². The van der Waals surface area contributed by atoms with E-state index in [2.05, 4.69) is 11.2 Å². The summed E-state index contributed by atoms with van der Waals surface area (Å²) in [6.07, 6.45) is 5.29. The number of nitrogens with one attached hydrogen (secondary N) is 1. The van der Waals surface area contributed by atoms with Gasteiger partial charge in [0.05, 0.1) is 0 Å². The maximum atomic E-state index is 10.8. The predicted molar refractivity (Wildman–Crippen MR) is 56.8 cm³/mol. The number of halogens is 1. The van der Waals surface area contributed by atoms with Crippen LogP contribution in [0.15, 0.2) is 24.3 Å². The Morgan fingerprint density at radius 2 is 2.07 bits per heavy atom. The standard InChI is InChI=1S/C11H10ClNO/c1-3-11(13-8(2)14)9-4-6-10(12)7-5-9/h1,4-7,11H,2H3,(H,13,14)/t11-/m1/s1. The fourth-order valence-corrected chi connectivity index (χ4v) is 1.21. The Morgan fingerprint density at radius 3 is 2.50 bits per heavy atom. The number of carbonyl (C=O) groups is 1. The molecule has 0 heterocycles. The molecule has 0 aliphatic carbocycles. The summed E-state index contributed by atoms with van der Waals surface area (Å²) in [6, 6.07) is 6.68. The summed E-state index contributed by atoms with van der Waals surface area (Å²) in [6.45, 7) is 1.43. The molecule has 72 valence electrons. The van der Waals surface area contributed by atoms with Crippen molar-refractivity contribution in [1.82, 2.24) is 5.32 Å². The van der Waals surface area contributed by atoms with Crippen molar-refractivity contribution < 1.29 is 4.79 Å². The van der Waals surface area contributed by atoms with E-state index in [-0.39, 0.29) is 11.9 Å². The maximum absolute atomic E-state index is 10.8. The second kappa shape index (κ2) is 4.69. The third-order valence-corrected chi connectivity index (χ3v) is 1.97. The number of hydrogen-bond acceptors (Lipinski definition) is 1. The molecule has 0 aromatic heterocycles. The first-order valence-electron chi connectivity index (χ1n) is 4.12. The molecule has 2 nitrogen and oxygen atoms in total. The van der Waals surface area contributed by atoms with E-state index in [0.29, 0.717) is 5.02 Å². The average Bonchev–Trinajstić information content (AvgIpc) is 2.15. The van der Waals surface area contributed by atoms with Crippen molar-refractivity contribution >= 4 is 17.5 Å². The summed E-state index contributed by atoms with van der Waals surface area (Å²) in [7, 11) is 0. The van der Waals surface area contributed by atoms with Crippen LogP contribution in [-0.4, -0.2) is 5.91 Å². The molecular formula is C11H10ClNO. The van der Waals surface area contributed by atoms with Crippen molar-refractivity contribution in [3.05, 3.63) is 34.9 Å². The molecule has 1 atom stereocenters. The van der Waals surface area contributed by atoms with Crippen molar-refractivity contribution in [3.63, 3.8) is 0 Å². The number of terminal acetylenes is 1. The first-order chi connectivity index (χ1) is 6.63. The molecule has 3 heteroatoms. The van der Waals surface area contributed by atoms with Gasteiger partial charge in [-0.05, 0) is 17.7 Å². The monoisotopic (exact) mass is 207 g/mol. The smallest absolute Gasteiger partial charge is 0.218 e. The van der Waals surface area contributed by atoms with Crippen LogP contribution in [0.4, 0.5) is 0 Å². The topological polar surface area (TPSA) is 29.1 Å². The van der Waals surface area contributed by atoms with Crippen LogP contribution in [0.2, 0.25) is 5.02 Å². The fourth-order valence-electron chi connectivity index (χ4n) is 1.08. The fraction of sp³-hybridized carbons (Fsp3) is 0.182. The zero-order valence-corrected chi connectivity index (χ0v) is 8.51. The van der Waals surface area contributed by atoms with E-state index >= 15 is 0 Å². The zero-order chi connectivity index (χ0) is 10.6. The van der Waals surface area contributed by atoms with E-state index in [0.717, 1.165) is 5.56 Å². The van der Waals surface area contributed by atoms with Gasteiger partial charge in [0.2, 0.25) is 5.91 Å². The summed E-state index contributed by atoms with van der Waals surface area (Å²) in [5.41, 5.74) is 0.854. The molecule has 0 aliphatic heterocycles. The highest BCUT2D eigenvalue weighted by atomic mass is 35.5. The summed E-state index contributed by atoms with van der Waals surface area (Å²) >= 11 is 5.73. The number of carbonyl (C=O) groups excluding carboxylic acids is 1. The van der Waals surface area contributed by atoms with Crippen LogP contribution >= 0.6 is 11.6 Å². The van der Waals surface area contributed by atoms with Crippen molar-refractivity contribution in [2.45, 2.75) is 13.0 Å². The maximum Gasteiger partial charge on any atom is 0.218 e. The van der Waals surface area contributed by atoms with E-state index in [9.17, 15) is 4.79 Å². The number of rotatable bonds is 2. The molecule has 0 unspecified atom stereocenters. The van der Waals surface area contributed by atoms with Gasteiger partial charge in [-0.1, -0.05) is 29.7 Å². The van der Waals surface area contributed by atoms with Crippen LogP contribution in [0, 0.1) is 12.3 Å².